The summed E-state index contributed by atoms with van der Waals surface area (Å²) in [5.41, 5.74) is 10.8. The molecule has 4 heteroatoms. The van der Waals surface area contributed by atoms with Crippen LogP contribution in [0, 0.1) is 0 Å². The first kappa shape index (κ1) is 16.7. The van der Waals surface area contributed by atoms with Crippen molar-refractivity contribution in [2.75, 3.05) is 0 Å². The van der Waals surface area contributed by atoms with Crippen molar-refractivity contribution in [3.8, 4) is 11.4 Å². The molecule has 0 atom stereocenters. The lowest BCUT2D eigenvalue weighted by molar-refractivity contribution is 1.03. The van der Waals surface area contributed by atoms with Gasteiger partial charge >= 0.3 is 0 Å². The van der Waals surface area contributed by atoms with Crippen LogP contribution in [0.3, 0.4) is 0 Å². The summed E-state index contributed by atoms with van der Waals surface area (Å²) in [5.74, 6) is 1.17. The third-order valence-electron chi connectivity index (χ3n) is 4.24. The number of aromatic nitrogens is 3. The van der Waals surface area contributed by atoms with Gasteiger partial charge in [0, 0.05) is 5.56 Å². The third kappa shape index (κ3) is 3.60. The van der Waals surface area contributed by atoms with Crippen molar-refractivity contribution in [3.63, 3.8) is 0 Å². The normalized spacial score (nSPS) is 11.7. The van der Waals surface area contributed by atoms with Gasteiger partial charge in [-0.05, 0) is 11.1 Å². The largest absolute Gasteiger partial charge is 0.398 e. The van der Waals surface area contributed by atoms with Crippen LogP contribution in [0.25, 0.3) is 22.7 Å². The van der Waals surface area contributed by atoms with Gasteiger partial charge in [-0.25, -0.2) is 15.0 Å². The lowest BCUT2D eigenvalue weighted by Crippen LogP contribution is -2.07. The fourth-order valence-electron chi connectivity index (χ4n) is 2.91. The molecule has 0 bridgehead atoms. The number of benzene rings is 3. The Balaban J connectivity index is 1.91. The Hall–Kier alpha value is -3.79. The quantitative estimate of drug-likeness (QED) is 0.554. The van der Waals surface area contributed by atoms with Gasteiger partial charge in [0.05, 0.1) is 11.3 Å². The van der Waals surface area contributed by atoms with Crippen LogP contribution in [0.5, 0.6) is 0 Å². The zero-order valence-corrected chi connectivity index (χ0v) is 14.7. The minimum atomic E-state index is 0.552. The average molecular weight is 350 g/mol. The molecule has 0 amide bonds. The van der Waals surface area contributed by atoms with E-state index in [-0.39, 0.29) is 0 Å². The minimum Gasteiger partial charge on any atom is -0.398 e. The van der Waals surface area contributed by atoms with Crippen molar-refractivity contribution in [2.45, 2.75) is 0 Å². The first-order chi connectivity index (χ1) is 13.3. The van der Waals surface area contributed by atoms with Gasteiger partial charge in [0.1, 0.15) is 6.33 Å². The van der Waals surface area contributed by atoms with Crippen molar-refractivity contribution >= 4 is 11.3 Å². The van der Waals surface area contributed by atoms with Crippen molar-refractivity contribution in [2.24, 2.45) is 5.73 Å². The molecule has 130 valence electrons. The fraction of sp³-hybridized carbons (Fsp3) is 0. The molecule has 4 rings (SSSR count). The Morgan fingerprint density at radius 2 is 1.19 bits per heavy atom. The van der Waals surface area contributed by atoms with Crippen molar-refractivity contribution in [1.82, 2.24) is 15.0 Å². The second-order valence-electron chi connectivity index (χ2n) is 6.02. The smallest absolute Gasteiger partial charge is 0.166 e. The van der Waals surface area contributed by atoms with Crippen molar-refractivity contribution < 1.29 is 0 Å². The van der Waals surface area contributed by atoms with E-state index in [0.717, 1.165) is 22.3 Å². The summed E-state index contributed by atoms with van der Waals surface area (Å²) in [6.45, 7) is 0. The predicted molar refractivity (Wildman–Crippen MR) is 108 cm³/mol. The number of hydrogen-bond donors (Lipinski definition) is 1. The molecular formula is C23H18N4. The van der Waals surface area contributed by atoms with E-state index in [2.05, 4.69) is 9.97 Å². The van der Waals surface area contributed by atoms with Crippen LogP contribution in [0.15, 0.2) is 97.3 Å². The first-order valence-electron chi connectivity index (χ1n) is 8.68. The van der Waals surface area contributed by atoms with E-state index in [1.807, 2.05) is 91.0 Å². The number of nitrogens with two attached hydrogens (primary N) is 1. The maximum absolute atomic E-state index is 6.57. The molecule has 0 fully saturated rings. The van der Waals surface area contributed by atoms with E-state index < -0.39 is 0 Å². The van der Waals surface area contributed by atoms with Crippen LogP contribution in [-0.4, -0.2) is 15.0 Å². The van der Waals surface area contributed by atoms with E-state index in [0.29, 0.717) is 17.3 Å². The van der Waals surface area contributed by atoms with Crippen LogP contribution >= 0.6 is 0 Å². The van der Waals surface area contributed by atoms with E-state index in [4.69, 9.17) is 10.7 Å². The molecule has 0 aliphatic carbocycles. The van der Waals surface area contributed by atoms with Gasteiger partial charge in [-0.2, -0.15) is 0 Å². The Morgan fingerprint density at radius 3 is 1.81 bits per heavy atom. The number of rotatable bonds is 4. The first-order valence-corrected chi connectivity index (χ1v) is 8.68. The molecule has 0 aliphatic rings. The summed E-state index contributed by atoms with van der Waals surface area (Å²) in [5, 5.41) is 0. The summed E-state index contributed by atoms with van der Waals surface area (Å²) < 4.78 is 0. The summed E-state index contributed by atoms with van der Waals surface area (Å²) in [6, 6.07) is 29.7. The van der Waals surface area contributed by atoms with Gasteiger partial charge < -0.3 is 5.73 Å². The second kappa shape index (κ2) is 7.62. The maximum Gasteiger partial charge on any atom is 0.166 e. The second-order valence-corrected chi connectivity index (χ2v) is 6.02. The van der Waals surface area contributed by atoms with Crippen LogP contribution in [-0.2, 0) is 0 Å². The third-order valence-corrected chi connectivity index (χ3v) is 4.24. The average Bonchev–Trinajstić information content (AvgIpc) is 2.76. The highest BCUT2D eigenvalue weighted by Crippen LogP contribution is 2.28. The van der Waals surface area contributed by atoms with E-state index in [1.54, 1.807) is 0 Å². The monoisotopic (exact) mass is 350 g/mol. The van der Waals surface area contributed by atoms with Gasteiger partial charge in [0.25, 0.3) is 0 Å². The molecular weight excluding hydrogens is 332 g/mol. The van der Waals surface area contributed by atoms with Crippen LogP contribution in [0.4, 0.5) is 0 Å². The Kier molecular flexibility index (Phi) is 4.70. The van der Waals surface area contributed by atoms with E-state index >= 15 is 0 Å². The molecule has 4 aromatic rings. The molecule has 3 aromatic carbocycles. The van der Waals surface area contributed by atoms with Gasteiger partial charge in [-0.15, -0.1) is 0 Å². The van der Waals surface area contributed by atoms with Gasteiger partial charge in [-0.1, -0.05) is 91.0 Å². The molecule has 27 heavy (non-hydrogen) atoms. The number of hydrogen-bond acceptors (Lipinski definition) is 4. The van der Waals surface area contributed by atoms with Crippen LogP contribution in [0.2, 0.25) is 0 Å². The summed E-state index contributed by atoms with van der Waals surface area (Å²) >= 11 is 0. The molecule has 1 heterocycles. The van der Waals surface area contributed by atoms with Gasteiger partial charge in [-0.3, -0.25) is 0 Å². The van der Waals surface area contributed by atoms with E-state index in [1.165, 1.54) is 6.33 Å². The Labute approximate surface area is 158 Å². The molecule has 4 nitrogen and oxygen atoms in total. The van der Waals surface area contributed by atoms with Crippen LogP contribution < -0.4 is 5.73 Å². The predicted octanol–water partition coefficient (Wildman–Crippen LogP) is 4.41. The summed E-state index contributed by atoms with van der Waals surface area (Å²) in [7, 11) is 0. The van der Waals surface area contributed by atoms with Gasteiger partial charge in [0.2, 0.25) is 0 Å². The zero-order valence-electron chi connectivity index (χ0n) is 14.7. The molecule has 1 aromatic heterocycles. The standard InChI is InChI=1S/C23H18N4/c24-21(18-12-6-2-7-13-18)20(17-10-4-1-5-11-17)23-26-16-25-22(27-23)19-14-8-3-9-15-19/h1-16H,24H2. The molecule has 0 saturated carbocycles. The maximum atomic E-state index is 6.57. The highest BCUT2D eigenvalue weighted by atomic mass is 15.0. The highest BCUT2D eigenvalue weighted by molar-refractivity contribution is 5.95. The summed E-state index contributed by atoms with van der Waals surface area (Å²) in [4.78, 5) is 13.5. The fourth-order valence-corrected chi connectivity index (χ4v) is 2.91. The van der Waals surface area contributed by atoms with Crippen molar-refractivity contribution in [3.05, 3.63) is 114 Å². The molecule has 0 radical (unpaired) electrons. The Morgan fingerprint density at radius 1 is 0.630 bits per heavy atom. The molecule has 0 spiro atoms. The SMILES string of the molecule is NC(=C(c1ccccc1)c1ncnc(-c2ccccc2)n1)c1ccccc1. The lowest BCUT2D eigenvalue weighted by atomic mass is 9.99. The molecule has 0 unspecified atom stereocenters. The zero-order chi connectivity index (χ0) is 18.5. The van der Waals surface area contributed by atoms with Crippen molar-refractivity contribution in [1.29, 1.82) is 0 Å². The molecule has 2 N–H and O–H groups in total. The van der Waals surface area contributed by atoms with Gasteiger partial charge in [0.15, 0.2) is 11.6 Å². The van der Waals surface area contributed by atoms with Crippen LogP contribution in [0.1, 0.15) is 17.0 Å². The molecule has 0 saturated heterocycles. The van der Waals surface area contributed by atoms with E-state index in [9.17, 15) is 0 Å². The number of nitrogens with zero attached hydrogens (tertiary/aromatic N) is 3. The summed E-state index contributed by atoms with van der Waals surface area (Å²) in [6.07, 6.45) is 1.53. The minimum absolute atomic E-state index is 0.552. The Bertz CT molecular complexity index is 1060. The lowest BCUT2D eigenvalue weighted by Gasteiger charge is -2.12. The topological polar surface area (TPSA) is 64.7 Å². The molecule has 0 aliphatic heterocycles. The highest BCUT2D eigenvalue weighted by Gasteiger charge is 2.15.